The van der Waals surface area contributed by atoms with Crippen molar-refractivity contribution >= 4 is 129 Å². The average Bonchev–Trinajstić information content (AvgIpc) is 1.83. The first-order chi connectivity index (χ1) is 43.6. The summed E-state index contributed by atoms with van der Waals surface area (Å²) < 4.78 is 76.1. The summed E-state index contributed by atoms with van der Waals surface area (Å²) in [6.45, 7) is 4.07. The van der Waals surface area contributed by atoms with Gasteiger partial charge in [0, 0.05) is 78.7 Å². The molecule has 0 spiro atoms. The van der Waals surface area contributed by atoms with Crippen LogP contribution in [0.2, 0.25) is 10.0 Å². The van der Waals surface area contributed by atoms with Gasteiger partial charge >= 0.3 is 17.9 Å². The van der Waals surface area contributed by atoms with E-state index < -0.39 is 43.8 Å². The van der Waals surface area contributed by atoms with Crippen LogP contribution in [-0.4, -0.2) is 97.9 Å². The number of carbonyl (C=O) groups excluding carboxylic acids is 5. The van der Waals surface area contributed by atoms with E-state index in [1.165, 1.54) is 99.4 Å². The number of aromatic nitrogens is 3. The number of methoxy groups -OCH3 is 2. The number of nitrogens with one attached hydrogen (secondary N) is 4. The van der Waals surface area contributed by atoms with Crippen molar-refractivity contribution in [3.63, 3.8) is 0 Å². The molecule has 0 unspecified atom stereocenters. The van der Waals surface area contributed by atoms with Crippen molar-refractivity contribution in [2.75, 3.05) is 43.4 Å². The van der Waals surface area contributed by atoms with Gasteiger partial charge in [0.1, 0.15) is 21.3 Å². The number of nitrogens with zero attached hydrogens (tertiary/aromatic N) is 2. The van der Waals surface area contributed by atoms with Crippen LogP contribution in [0.15, 0.2) is 210 Å². The van der Waals surface area contributed by atoms with E-state index in [9.17, 15) is 45.6 Å². The number of hydrogen-bond donors (Lipinski definition) is 5. The Bertz CT molecular complexity index is 4820. The molecular formula is C66H54Cl2N6O15S2. The van der Waals surface area contributed by atoms with Gasteiger partial charge in [-0.25, -0.2) is 39.2 Å². The quantitative estimate of drug-likeness (QED) is 0.0530. The molecule has 91 heavy (non-hydrogen) atoms. The number of benzene rings is 8. The second kappa shape index (κ2) is 28.2. The monoisotopic (exact) mass is 1300 g/mol. The summed E-state index contributed by atoms with van der Waals surface area (Å²) in [5, 5.41) is 20.0. The average molecular weight is 1310 g/mol. The summed E-state index contributed by atoms with van der Waals surface area (Å²) in [7, 11) is -5.42. The first-order valence-electron chi connectivity index (χ1n) is 27.4. The number of H-pyrrole nitrogens is 1. The molecule has 0 saturated carbocycles. The maximum atomic E-state index is 13.4. The molecule has 3 heterocycles. The Morgan fingerprint density at radius 1 is 0.451 bits per heavy atom. The van der Waals surface area contributed by atoms with E-state index in [1.807, 2.05) is 18.3 Å². The summed E-state index contributed by atoms with van der Waals surface area (Å²) in [6.07, 6.45) is 4.64. The Labute approximate surface area is 530 Å². The zero-order valence-electron chi connectivity index (χ0n) is 48.6. The van der Waals surface area contributed by atoms with E-state index in [0.29, 0.717) is 62.2 Å². The van der Waals surface area contributed by atoms with Crippen LogP contribution in [0.1, 0.15) is 76.0 Å². The lowest BCUT2D eigenvalue weighted by Crippen LogP contribution is -2.15. The van der Waals surface area contributed by atoms with Crippen LogP contribution in [0.4, 0.5) is 17.1 Å². The Morgan fingerprint density at radius 2 is 0.813 bits per heavy atom. The first kappa shape index (κ1) is 64.7. The molecule has 0 aliphatic heterocycles. The van der Waals surface area contributed by atoms with Gasteiger partial charge in [-0.3, -0.25) is 14.4 Å². The lowest BCUT2D eigenvalue weighted by molar-refractivity contribution is 0.0517. The predicted molar refractivity (Wildman–Crippen MR) is 345 cm³/mol. The van der Waals surface area contributed by atoms with E-state index in [4.69, 9.17) is 47.3 Å². The molecular weight excluding hydrogens is 1250 g/mol. The molecule has 0 radical (unpaired) electrons. The number of esters is 2. The largest absolute Gasteiger partial charge is 0.495 e. The minimum Gasteiger partial charge on any atom is -0.495 e. The summed E-state index contributed by atoms with van der Waals surface area (Å²) in [5.41, 5.74) is 4.96. The minimum absolute atomic E-state index is 0.0916. The molecule has 8 aromatic carbocycles. The standard InChI is InChI=1S/C25H21ClN2O6S.C23H17ClN2O6S.C18H16N2O3/c1-3-34-25(30)17-6-9-20(10-7-17)27-24(29)18-5-4-16-12-13-28(21(16)14-18)35(31,32)23-15-19(26)8-11-22(23)33-2;1-32-20-9-6-17(24)13-21(20)33(30,31)26-11-10-14-2-3-16(12-19(14)26)22(27)25-18-7-4-15(5-8-18)23(28)29;1-2-23-18(22)13-5-7-15(8-6-13)20-17(21)14-4-3-12-9-10-19-16(12)11-14/h4-15H,3H2,1-2H3,(H,27,29);2-13H,1H3,(H,25,27)(H,28,29);3-11,19H,2H2,1H3,(H,20,21). The lowest BCUT2D eigenvalue weighted by Gasteiger charge is -2.12. The van der Waals surface area contributed by atoms with E-state index in [2.05, 4.69) is 20.9 Å². The van der Waals surface area contributed by atoms with Gasteiger partial charge in [-0.05, 0) is 183 Å². The molecule has 11 rings (SSSR count). The van der Waals surface area contributed by atoms with Crippen LogP contribution < -0.4 is 25.4 Å². The van der Waals surface area contributed by atoms with E-state index in [-0.39, 0.29) is 66.5 Å². The number of carboxylic acid groups (broad SMARTS) is 1. The number of halogens is 2. The highest BCUT2D eigenvalue weighted by Gasteiger charge is 2.26. The Kier molecular flexibility index (Phi) is 20.1. The van der Waals surface area contributed by atoms with Crippen molar-refractivity contribution in [3.05, 3.63) is 244 Å². The fourth-order valence-corrected chi connectivity index (χ4v) is 12.7. The second-order valence-corrected chi connectivity index (χ2v) is 23.9. The molecule has 0 aliphatic rings. The predicted octanol–water partition coefficient (Wildman–Crippen LogP) is 13.1. The number of hydrogen-bond acceptors (Lipinski definition) is 14. The molecule has 0 bridgehead atoms. The molecule has 3 aromatic heterocycles. The fraction of sp³-hybridized carbons (Fsp3) is 0.0909. The molecule has 0 fully saturated rings. The number of carboxylic acids is 1. The number of rotatable bonds is 17. The third kappa shape index (κ3) is 14.9. The molecule has 25 heteroatoms. The normalized spacial score (nSPS) is 11.1. The van der Waals surface area contributed by atoms with Crippen molar-refractivity contribution < 1.29 is 69.7 Å². The zero-order valence-corrected chi connectivity index (χ0v) is 51.7. The Hall–Kier alpha value is -10.7. The molecule has 11 aromatic rings. The van der Waals surface area contributed by atoms with Crippen LogP contribution in [0.5, 0.6) is 11.5 Å². The summed E-state index contributed by atoms with van der Waals surface area (Å²) >= 11 is 12.1. The number of ether oxygens (including phenoxy) is 4. The molecule has 0 aliphatic carbocycles. The van der Waals surface area contributed by atoms with Crippen molar-refractivity contribution in [2.24, 2.45) is 0 Å². The third-order valence-electron chi connectivity index (χ3n) is 13.7. The molecule has 5 N–H and O–H groups in total. The van der Waals surface area contributed by atoms with Gasteiger partial charge in [-0.2, -0.15) is 0 Å². The second-order valence-electron chi connectivity index (χ2n) is 19.5. The van der Waals surface area contributed by atoms with Gasteiger partial charge < -0.3 is 45.0 Å². The molecule has 464 valence electrons. The van der Waals surface area contributed by atoms with Crippen LogP contribution in [0.3, 0.4) is 0 Å². The minimum atomic E-state index is -4.08. The summed E-state index contributed by atoms with van der Waals surface area (Å²) in [6, 6.07) is 47.3. The van der Waals surface area contributed by atoms with Crippen LogP contribution in [0, 0.1) is 0 Å². The fourth-order valence-electron chi connectivity index (χ4n) is 9.13. The third-order valence-corrected chi connectivity index (χ3v) is 17.6. The Balaban J connectivity index is 0.000000165. The van der Waals surface area contributed by atoms with Gasteiger partial charge in [0.15, 0.2) is 0 Å². The van der Waals surface area contributed by atoms with Crippen LogP contribution in [-0.2, 0) is 29.5 Å². The van der Waals surface area contributed by atoms with Gasteiger partial charge in [0.05, 0.1) is 55.2 Å². The lowest BCUT2D eigenvalue weighted by atomic mass is 10.1. The highest BCUT2D eigenvalue weighted by Crippen LogP contribution is 2.34. The topological polar surface area (TPSA) is 290 Å². The van der Waals surface area contributed by atoms with Crippen molar-refractivity contribution in [1.82, 2.24) is 12.9 Å². The van der Waals surface area contributed by atoms with Gasteiger partial charge in [-0.15, -0.1) is 0 Å². The summed E-state index contributed by atoms with van der Waals surface area (Å²) in [5.74, 6) is -2.73. The van der Waals surface area contributed by atoms with Crippen molar-refractivity contribution in [1.29, 1.82) is 0 Å². The van der Waals surface area contributed by atoms with E-state index in [1.54, 1.807) is 111 Å². The number of anilines is 3. The molecule has 0 saturated heterocycles. The first-order valence-corrected chi connectivity index (χ1v) is 31.0. The number of aromatic amines is 1. The summed E-state index contributed by atoms with van der Waals surface area (Å²) in [4.78, 5) is 75.1. The van der Waals surface area contributed by atoms with Gasteiger partial charge in [0.25, 0.3) is 37.8 Å². The van der Waals surface area contributed by atoms with Gasteiger partial charge in [-0.1, -0.05) is 41.4 Å². The number of aromatic carboxylic acids is 1. The molecule has 0 atom stereocenters. The van der Waals surface area contributed by atoms with E-state index in [0.717, 1.165) is 18.8 Å². The number of fused-ring (bicyclic) bond motifs is 3. The van der Waals surface area contributed by atoms with Gasteiger partial charge in [0.2, 0.25) is 0 Å². The number of carbonyl (C=O) groups is 6. The molecule has 21 nitrogen and oxygen atoms in total. The van der Waals surface area contributed by atoms with Crippen molar-refractivity contribution in [3.8, 4) is 11.5 Å². The zero-order chi connectivity index (χ0) is 65.1. The van der Waals surface area contributed by atoms with Crippen LogP contribution >= 0.6 is 23.2 Å². The highest BCUT2D eigenvalue weighted by atomic mass is 35.5. The van der Waals surface area contributed by atoms with E-state index >= 15 is 0 Å². The maximum Gasteiger partial charge on any atom is 0.338 e. The van der Waals surface area contributed by atoms with Crippen molar-refractivity contribution in [2.45, 2.75) is 23.6 Å². The Morgan fingerprint density at radius 3 is 1.19 bits per heavy atom. The number of amides is 3. The molecule has 3 amide bonds. The van der Waals surface area contributed by atoms with Crippen LogP contribution in [0.25, 0.3) is 32.7 Å². The smallest absolute Gasteiger partial charge is 0.338 e. The maximum absolute atomic E-state index is 13.4. The SMILES string of the molecule is CCOC(=O)c1ccc(NC(=O)c2ccc3cc[nH]c3c2)cc1.CCOC(=O)c1ccc(NC(=O)c2ccc3ccn(S(=O)(=O)c4cc(Cl)ccc4OC)c3c2)cc1.COc1ccc(Cl)cc1S(=O)(=O)n1ccc2ccc(C(=O)Nc3ccc(C(=O)O)cc3)cc21. The highest BCUT2D eigenvalue weighted by molar-refractivity contribution is 7.90.